The first-order valence-corrected chi connectivity index (χ1v) is 9.69. The van der Waals surface area contributed by atoms with Crippen molar-refractivity contribution in [1.29, 1.82) is 0 Å². The first-order valence-electron chi connectivity index (χ1n) is 9.69. The molecule has 0 aliphatic heterocycles. The number of pyridine rings is 1. The number of hydrogen-bond donors (Lipinski definition) is 2. The average Bonchev–Trinajstić information content (AvgIpc) is 2.81. The SMILES string of the molecule is [C-]#[N+]c1c(O)n(C(=C)OO)c(=O)c(=Cc2ccc3ccc4cccc5ccc2c3c45)c1=C. The van der Waals surface area contributed by atoms with Gasteiger partial charge in [0.25, 0.3) is 11.2 Å². The third kappa shape index (κ3) is 2.59. The van der Waals surface area contributed by atoms with Crippen molar-refractivity contribution in [2.45, 2.75) is 0 Å². The molecule has 4 aromatic carbocycles. The first-order chi connectivity index (χ1) is 15.5. The van der Waals surface area contributed by atoms with Gasteiger partial charge in [0.15, 0.2) is 0 Å². The predicted octanol–water partition coefficient (Wildman–Crippen LogP) is 4.16. The summed E-state index contributed by atoms with van der Waals surface area (Å²) in [4.78, 5) is 20.5. The number of benzene rings is 4. The molecule has 0 unspecified atom stereocenters. The topological polar surface area (TPSA) is 76.1 Å². The zero-order chi connectivity index (χ0) is 22.6. The van der Waals surface area contributed by atoms with Gasteiger partial charge in [-0.3, -0.25) is 4.79 Å². The van der Waals surface area contributed by atoms with Crippen molar-refractivity contribution in [1.82, 2.24) is 4.57 Å². The fraction of sp³-hybridized carbons (Fsp3) is 0. The van der Waals surface area contributed by atoms with Gasteiger partial charge in [0.2, 0.25) is 11.8 Å². The van der Waals surface area contributed by atoms with Gasteiger partial charge in [0.1, 0.15) is 0 Å². The van der Waals surface area contributed by atoms with Crippen molar-refractivity contribution in [3.8, 4) is 5.88 Å². The van der Waals surface area contributed by atoms with E-state index < -0.39 is 17.3 Å². The number of aromatic hydroxyl groups is 1. The molecule has 5 aromatic rings. The molecule has 32 heavy (non-hydrogen) atoms. The van der Waals surface area contributed by atoms with Crippen LogP contribution in [-0.4, -0.2) is 14.9 Å². The van der Waals surface area contributed by atoms with Gasteiger partial charge < -0.3 is 9.99 Å². The van der Waals surface area contributed by atoms with Crippen LogP contribution in [0, 0.1) is 6.57 Å². The van der Waals surface area contributed by atoms with Gasteiger partial charge in [-0.1, -0.05) is 54.6 Å². The maximum Gasteiger partial charge on any atom is 0.265 e. The minimum Gasteiger partial charge on any atom is -0.502 e. The zero-order valence-electron chi connectivity index (χ0n) is 16.8. The van der Waals surface area contributed by atoms with Crippen molar-refractivity contribution in [2.24, 2.45) is 0 Å². The second-order valence-corrected chi connectivity index (χ2v) is 7.46. The molecule has 0 atom stereocenters. The highest BCUT2D eigenvalue weighted by Gasteiger charge is 2.17. The van der Waals surface area contributed by atoms with E-state index in [2.05, 4.69) is 47.2 Å². The summed E-state index contributed by atoms with van der Waals surface area (Å²) in [5.41, 5.74) is -0.196. The fourth-order valence-corrected chi connectivity index (χ4v) is 4.29. The maximum absolute atomic E-state index is 13.1. The maximum atomic E-state index is 13.1. The van der Waals surface area contributed by atoms with E-state index >= 15 is 0 Å². The predicted molar refractivity (Wildman–Crippen MR) is 126 cm³/mol. The highest BCUT2D eigenvalue weighted by Crippen LogP contribution is 2.36. The molecule has 0 saturated heterocycles. The summed E-state index contributed by atoms with van der Waals surface area (Å²) in [6.45, 7) is 14.7. The van der Waals surface area contributed by atoms with Crippen molar-refractivity contribution in [3.05, 3.63) is 98.9 Å². The molecule has 0 fully saturated rings. The Morgan fingerprint density at radius 1 is 1.03 bits per heavy atom. The molecule has 2 N–H and O–H groups in total. The van der Waals surface area contributed by atoms with Crippen molar-refractivity contribution in [3.63, 3.8) is 0 Å². The van der Waals surface area contributed by atoms with Crippen molar-refractivity contribution in [2.75, 3.05) is 0 Å². The molecule has 0 aliphatic rings. The van der Waals surface area contributed by atoms with Gasteiger partial charge in [0, 0.05) is 5.22 Å². The molecule has 0 radical (unpaired) electrons. The van der Waals surface area contributed by atoms with Crippen LogP contribution in [0.5, 0.6) is 5.88 Å². The Bertz CT molecular complexity index is 1780. The highest BCUT2D eigenvalue weighted by atomic mass is 17.1. The molecule has 0 aliphatic carbocycles. The van der Waals surface area contributed by atoms with Crippen LogP contribution < -0.4 is 16.0 Å². The summed E-state index contributed by atoms with van der Waals surface area (Å²) >= 11 is 0. The Hall–Kier alpha value is -4.60. The van der Waals surface area contributed by atoms with E-state index in [1.807, 2.05) is 30.3 Å². The highest BCUT2D eigenvalue weighted by molar-refractivity contribution is 6.24. The molecule has 6 heteroatoms. The van der Waals surface area contributed by atoms with E-state index in [1.54, 1.807) is 6.08 Å². The average molecular weight is 420 g/mol. The molecule has 0 amide bonds. The van der Waals surface area contributed by atoms with E-state index in [0.29, 0.717) is 4.57 Å². The van der Waals surface area contributed by atoms with E-state index in [1.165, 1.54) is 0 Å². The lowest BCUT2D eigenvalue weighted by atomic mass is 9.92. The number of hydrogen-bond acceptors (Lipinski definition) is 4. The lowest BCUT2D eigenvalue weighted by Gasteiger charge is -2.13. The fourth-order valence-electron chi connectivity index (χ4n) is 4.29. The van der Waals surface area contributed by atoms with E-state index in [4.69, 9.17) is 11.8 Å². The van der Waals surface area contributed by atoms with E-state index in [0.717, 1.165) is 37.9 Å². The van der Waals surface area contributed by atoms with E-state index in [-0.39, 0.29) is 16.1 Å². The van der Waals surface area contributed by atoms with Crippen LogP contribution in [0.15, 0.2) is 66.0 Å². The minimum absolute atomic E-state index is 0.0789. The summed E-state index contributed by atoms with van der Waals surface area (Å²) in [6.07, 6.45) is 1.63. The standard InChI is InChI=1S/C26H16N2O4/c1-14-21(25(29)28(15(2)32-31)26(30)24(14)27-3)13-19-10-9-18-8-7-16-5-4-6-17-11-12-20(19)23(18)22(16)17/h4-13,30-31H,1-2H2. The second-order valence-electron chi connectivity index (χ2n) is 7.46. The van der Waals surface area contributed by atoms with Gasteiger partial charge in [-0.25, -0.2) is 14.7 Å². The van der Waals surface area contributed by atoms with Crippen LogP contribution in [0.1, 0.15) is 5.56 Å². The number of aromatic nitrogens is 1. The summed E-state index contributed by atoms with van der Waals surface area (Å²) in [6, 6.07) is 18.2. The molecule has 154 valence electrons. The van der Waals surface area contributed by atoms with E-state index in [9.17, 15) is 9.90 Å². The first kappa shape index (κ1) is 19.4. The van der Waals surface area contributed by atoms with Crippen molar-refractivity contribution < 1.29 is 15.3 Å². The quantitative estimate of drug-likeness (QED) is 0.151. The number of rotatable bonds is 3. The van der Waals surface area contributed by atoms with Crippen LogP contribution in [0.3, 0.4) is 0 Å². The summed E-state index contributed by atoms with van der Waals surface area (Å²) in [5, 5.41) is 25.9. The lowest BCUT2D eigenvalue weighted by molar-refractivity contribution is -0.176. The Morgan fingerprint density at radius 2 is 1.66 bits per heavy atom. The largest absolute Gasteiger partial charge is 0.502 e. The third-order valence-corrected chi connectivity index (χ3v) is 5.80. The molecule has 6 nitrogen and oxygen atoms in total. The Balaban J connectivity index is 1.94. The molecule has 0 spiro atoms. The van der Waals surface area contributed by atoms with Gasteiger partial charge >= 0.3 is 0 Å². The minimum atomic E-state index is -0.718. The Kier molecular flexibility index (Phi) is 4.22. The van der Waals surface area contributed by atoms with Gasteiger partial charge in [-0.15, -0.1) is 6.58 Å². The number of nitrogens with zero attached hydrogens (tertiary/aromatic N) is 2. The van der Waals surface area contributed by atoms with Gasteiger partial charge in [0.05, 0.1) is 6.57 Å². The normalized spacial score (nSPS) is 11.9. The van der Waals surface area contributed by atoms with Gasteiger partial charge in [-0.05, 0) is 55.8 Å². The second kappa shape index (κ2) is 6.98. The summed E-state index contributed by atoms with van der Waals surface area (Å²) in [5.74, 6) is -1.22. The van der Waals surface area contributed by atoms with Crippen LogP contribution in [0.2, 0.25) is 0 Å². The molecule has 0 saturated carbocycles. The van der Waals surface area contributed by atoms with Crippen LogP contribution in [0.4, 0.5) is 5.69 Å². The van der Waals surface area contributed by atoms with Gasteiger partial charge in [-0.2, -0.15) is 0 Å². The Morgan fingerprint density at radius 3 is 2.31 bits per heavy atom. The van der Waals surface area contributed by atoms with Crippen LogP contribution >= 0.6 is 0 Å². The molecule has 1 aromatic heterocycles. The van der Waals surface area contributed by atoms with Crippen molar-refractivity contribution >= 4 is 56.5 Å². The van der Waals surface area contributed by atoms with Crippen LogP contribution in [-0.2, 0) is 4.89 Å². The molecule has 5 rings (SSSR count). The zero-order valence-corrected chi connectivity index (χ0v) is 16.8. The monoisotopic (exact) mass is 420 g/mol. The third-order valence-electron chi connectivity index (χ3n) is 5.80. The summed E-state index contributed by atoms with van der Waals surface area (Å²) < 4.78 is 0.643. The van der Waals surface area contributed by atoms with Crippen LogP contribution in [0.25, 0.3) is 55.7 Å². The molecular weight excluding hydrogens is 404 g/mol. The Labute approximate surface area is 181 Å². The summed E-state index contributed by atoms with van der Waals surface area (Å²) in [7, 11) is 0. The molecular formula is C26H16N2O4. The molecule has 1 heterocycles. The smallest absolute Gasteiger partial charge is 0.265 e. The lowest BCUT2D eigenvalue weighted by Crippen LogP contribution is -2.44. The molecule has 0 bridgehead atoms.